The van der Waals surface area contributed by atoms with Crippen LogP contribution in [0.25, 0.3) is 0 Å². The molecule has 0 spiro atoms. The first kappa shape index (κ1) is 16.9. The second-order valence-electron chi connectivity index (χ2n) is 3.40. The van der Waals surface area contributed by atoms with E-state index in [0.29, 0.717) is 12.8 Å². The van der Waals surface area contributed by atoms with Crippen LogP contribution in [0.4, 0.5) is 0 Å². The molecular weight excluding hydrogens is 256 g/mol. The maximum Gasteiger partial charge on any atom is 0.342 e. The normalized spacial score (nSPS) is 9.26. The summed E-state index contributed by atoms with van der Waals surface area (Å²) in [6.45, 7) is 1.96. The molecule has 0 atom stereocenters. The Morgan fingerprint density at radius 1 is 1.16 bits per heavy atom. The van der Waals surface area contributed by atoms with Crippen LogP contribution in [0, 0.1) is 11.3 Å². The highest BCUT2D eigenvalue weighted by atomic mass is 17.2. The lowest BCUT2D eigenvalue weighted by Crippen LogP contribution is -2.26. The fraction of sp³-hybridized carbons (Fsp3) is 0.636. The predicted octanol–water partition coefficient (Wildman–Crippen LogP) is 0.530. The molecule has 0 saturated carbocycles. The Kier molecular flexibility index (Phi) is 9.74. The lowest BCUT2D eigenvalue weighted by atomic mass is 10.2. The molecule has 0 bridgehead atoms. The van der Waals surface area contributed by atoms with E-state index in [-0.39, 0.29) is 25.9 Å². The monoisotopic (exact) mass is 272 g/mol. The second kappa shape index (κ2) is 11.0. The van der Waals surface area contributed by atoms with Gasteiger partial charge in [0.2, 0.25) is 0 Å². The number of amides is 1. The van der Waals surface area contributed by atoms with E-state index in [1.165, 1.54) is 0 Å². The number of carbonyl (C=O) groups is 3. The van der Waals surface area contributed by atoms with Crippen molar-refractivity contribution in [1.82, 2.24) is 5.48 Å². The minimum Gasteiger partial charge on any atom is -0.341 e. The number of hydrogen-bond acceptors (Lipinski definition) is 7. The van der Waals surface area contributed by atoms with Crippen LogP contribution < -0.4 is 5.48 Å². The van der Waals surface area contributed by atoms with E-state index in [9.17, 15) is 14.4 Å². The number of nitrogens with zero attached hydrogens (tertiary/aromatic N) is 1. The Morgan fingerprint density at radius 2 is 1.79 bits per heavy atom. The van der Waals surface area contributed by atoms with Crippen LogP contribution in [-0.2, 0) is 29.0 Å². The molecule has 0 heterocycles. The summed E-state index contributed by atoms with van der Waals surface area (Å²) in [4.78, 5) is 46.1. The van der Waals surface area contributed by atoms with E-state index in [0.717, 1.165) is 0 Å². The maximum absolute atomic E-state index is 11.1. The second-order valence-corrected chi connectivity index (χ2v) is 3.40. The van der Waals surface area contributed by atoms with Crippen LogP contribution in [0.1, 0.15) is 39.0 Å². The number of unbranched alkanes of at least 4 members (excludes halogenated alkanes) is 1. The zero-order valence-electron chi connectivity index (χ0n) is 10.6. The van der Waals surface area contributed by atoms with Crippen LogP contribution in [0.15, 0.2) is 0 Å². The third kappa shape index (κ3) is 10.7. The third-order valence-electron chi connectivity index (χ3n) is 1.80. The van der Waals surface area contributed by atoms with E-state index in [1.807, 2.05) is 5.48 Å². The quantitative estimate of drug-likeness (QED) is 0.389. The van der Waals surface area contributed by atoms with Crippen molar-refractivity contribution in [2.24, 2.45) is 0 Å². The lowest BCUT2D eigenvalue weighted by Gasteiger charge is -2.03. The lowest BCUT2D eigenvalue weighted by molar-refractivity contribution is -0.269. The van der Waals surface area contributed by atoms with Gasteiger partial charge in [0.1, 0.15) is 6.42 Å². The van der Waals surface area contributed by atoms with Crippen molar-refractivity contribution in [1.29, 1.82) is 5.26 Å². The molecule has 0 fully saturated rings. The van der Waals surface area contributed by atoms with Crippen LogP contribution in [0.3, 0.4) is 0 Å². The zero-order chi connectivity index (χ0) is 14.5. The molecule has 1 N–H and O–H groups in total. The minimum atomic E-state index is -0.684. The molecule has 0 rings (SSSR count). The van der Waals surface area contributed by atoms with Crippen molar-refractivity contribution in [3.63, 3.8) is 0 Å². The summed E-state index contributed by atoms with van der Waals surface area (Å²) in [5, 5.41) is 8.18. The molecule has 8 nitrogen and oxygen atoms in total. The summed E-state index contributed by atoms with van der Waals surface area (Å²) < 4.78 is 0. The molecule has 0 aromatic heterocycles. The summed E-state index contributed by atoms with van der Waals surface area (Å²) in [5.41, 5.74) is 1.84. The third-order valence-corrected chi connectivity index (χ3v) is 1.80. The first-order valence-electron chi connectivity index (χ1n) is 5.78. The molecule has 0 unspecified atom stereocenters. The van der Waals surface area contributed by atoms with Crippen molar-refractivity contribution in [3.05, 3.63) is 0 Å². The molecule has 106 valence electrons. The van der Waals surface area contributed by atoms with E-state index >= 15 is 0 Å². The summed E-state index contributed by atoms with van der Waals surface area (Å²) in [6.07, 6.45) is 0.653. The first-order chi connectivity index (χ1) is 9.10. The SMILES string of the molecule is CCOOC(=O)CCCCC(=O)ONC(=O)CC#N. The summed E-state index contributed by atoms with van der Waals surface area (Å²) in [6, 6.07) is 1.61. The summed E-state index contributed by atoms with van der Waals surface area (Å²) in [7, 11) is 0. The number of hydroxylamine groups is 1. The Hall–Kier alpha value is -2.14. The zero-order valence-corrected chi connectivity index (χ0v) is 10.6. The first-order valence-corrected chi connectivity index (χ1v) is 5.78. The highest BCUT2D eigenvalue weighted by molar-refractivity contribution is 5.79. The number of carbonyl (C=O) groups excluding carboxylic acids is 3. The molecule has 0 aromatic carbocycles. The molecule has 19 heavy (non-hydrogen) atoms. The van der Waals surface area contributed by atoms with Crippen LogP contribution in [0.2, 0.25) is 0 Å². The molecule has 0 aliphatic heterocycles. The Labute approximate surface area is 110 Å². The van der Waals surface area contributed by atoms with Gasteiger partial charge in [-0.15, -0.1) is 0 Å². The Bertz CT molecular complexity index is 350. The van der Waals surface area contributed by atoms with E-state index < -0.39 is 17.8 Å². The van der Waals surface area contributed by atoms with Crippen molar-refractivity contribution in [2.75, 3.05) is 6.61 Å². The van der Waals surface area contributed by atoms with Crippen molar-refractivity contribution in [3.8, 4) is 6.07 Å². The fourth-order valence-corrected chi connectivity index (χ4v) is 0.978. The smallest absolute Gasteiger partial charge is 0.341 e. The minimum absolute atomic E-state index is 0.0503. The highest BCUT2D eigenvalue weighted by Gasteiger charge is 2.08. The number of nitriles is 1. The number of rotatable bonds is 8. The molecule has 1 amide bonds. The molecule has 0 saturated heterocycles. The number of hydrogen-bond donors (Lipinski definition) is 1. The molecule has 0 aliphatic rings. The fourth-order valence-electron chi connectivity index (χ4n) is 0.978. The van der Waals surface area contributed by atoms with Gasteiger partial charge in [-0.25, -0.2) is 9.59 Å². The predicted molar refractivity (Wildman–Crippen MR) is 60.7 cm³/mol. The van der Waals surface area contributed by atoms with Crippen LogP contribution in [0.5, 0.6) is 0 Å². The largest absolute Gasteiger partial charge is 0.342 e. The van der Waals surface area contributed by atoms with E-state index in [2.05, 4.69) is 14.6 Å². The van der Waals surface area contributed by atoms with Gasteiger partial charge in [-0.3, -0.25) is 9.68 Å². The van der Waals surface area contributed by atoms with E-state index in [1.54, 1.807) is 13.0 Å². The van der Waals surface area contributed by atoms with Gasteiger partial charge in [0.15, 0.2) is 0 Å². The van der Waals surface area contributed by atoms with Gasteiger partial charge in [0.25, 0.3) is 5.91 Å². The van der Waals surface area contributed by atoms with Crippen molar-refractivity contribution < 1.29 is 29.0 Å². The van der Waals surface area contributed by atoms with Gasteiger partial charge in [-0.2, -0.15) is 15.6 Å². The van der Waals surface area contributed by atoms with Gasteiger partial charge < -0.3 is 4.84 Å². The maximum atomic E-state index is 11.1. The summed E-state index contributed by atoms with van der Waals surface area (Å²) in [5.74, 6) is -1.82. The average Bonchev–Trinajstić information content (AvgIpc) is 2.39. The molecular formula is C11H16N2O6. The van der Waals surface area contributed by atoms with E-state index in [4.69, 9.17) is 5.26 Å². The summed E-state index contributed by atoms with van der Waals surface area (Å²) >= 11 is 0. The van der Waals surface area contributed by atoms with Gasteiger partial charge in [-0.1, -0.05) is 0 Å². The van der Waals surface area contributed by atoms with Crippen molar-refractivity contribution >= 4 is 17.8 Å². The average molecular weight is 272 g/mol. The van der Waals surface area contributed by atoms with Crippen LogP contribution >= 0.6 is 0 Å². The van der Waals surface area contributed by atoms with Gasteiger partial charge in [-0.05, 0) is 19.8 Å². The number of nitrogens with one attached hydrogen (secondary N) is 1. The van der Waals surface area contributed by atoms with Crippen LogP contribution in [-0.4, -0.2) is 24.5 Å². The molecule has 8 heteroatoms. The highest BCUT2D eigenvalue weighted by Crippen LogP contribution is 2.02. The van der Waals surface area contributed by atoms with Crippen molar-refractivity contribution in [2.45, 2.75) is 39.0 Å². The standard InChI is InChI=1S/C11H16N2O6/c1-2-17-19-11(16)6-4-3-5-10(15)18-13-9(14)7-8-12/h2-7H2,1H3,(H,13,14). The van der Waals surface area contributed by atoms with Gasteiger partial charge in [0.05, 0.1) is 12.7 Å². The van der Waals surface area contributed by atoms with Gasteiger partial charge in [0, 0.05) is 12.8 Å². The molecule has 0 aliphatic carbocycles. The molecule has 0 aromatic rings. The Balaban J connectivity index is 3.51. The Morgan fingerprint density at radius 3 is 2.37 bits per heavy atom. The molecule has 0 radical (unpaired) electrons. The van der Waals surface area contributed by atoms with Gasteiger partial charge >= 0.3 is 11.9 Å². The topological polar surface area (TPSA) is 115 Å².